The molecule has 1 aliphatic heterocycles. The molecule has 0 saturated carbocycles. The van der Waals surface area contributed by atoms with E-state index in [0.29, 0.717) is 0 Å². The van der Waals surface area contributed by atoms with Crippen LogP contribution in [-0.4, -0.2) is 12.3 Å². The summed E-state index contributed by atoms with van der Waals surface area (Å²) in [6.45, 7) is 15.0. The molecule has 0 spiro atoms. The summed E-state index contributed by atoms with van der Waals surface area (Å²) < 4.78 is 2.35. The smallest absolute Gasteiger partial charge is 0.213 e. The van der Waals surface area contributed by atoms with Crippen molar-refractivity contribution in [3.05, 3.63) is 108 Å². The van der Waals surface area contributed by atoms with Gasteiger partial charge in [-0.25, -0.2) is 0 Å². The zero-order valence-corrected chi connectivity index (χ0v) is 18.8. The van der Waals surface area contributed by atoms with Crippen LogP contribution in [0.3, 0.4) is 0 Å². The normalized spacial score (nSPS) is 18.3. The Hall–Kier alpha value is -3.26. The van der Waals surface area contributed by atoms with Crippen molar-refractivity contribution in [1.29, 1.82) is 0 Å². The third kappa shape index (κ3) is 3.79. The van der Waals surface area contributed by atoms with Gasteiger partial charge in [0, 0.05) is 23.9 Å². The fraction of sp³-hybridized carbons (Fsp3) is 0.241. The number of benzene rings is 2. The van der Waals surface area contributed by atoms with Crippen molar-refractivity contribution in [3.8, 4) is 11.3 Å². The monoisotopic (exact) mass is 407 g/mol. The molecule has 0 N–H and O–H groups in total. The van der Waals surface area contributed by atoms with E-state index >= 15 is 0 Å². The Bertz CT molecular complexity index is 1130. The largest absolute Gasteiger partial charge is 0.288 e. The van der Waals surface area contributed by atoms with Crippen molar-refractivity contribution < 1.29 is 4.57 Å². The Kier molecular flexibility index (Phi) is 5.99. The molecule has 2 nitrogen and oxygen atoms in total. The van der Waals surface area contributed by atoms with E-state index in [4.69, 9.17) is 4.99 Å². The quantitative estimate of drug-likeness (QED) is 0.247. The number of allylic oxidation sites excluding steroid dienone is 2. The molecule has 3 aromatic rings. The molecule has 2 aromatic carbocycles. The maximum absolute atomic E-state index is 5.11. The topological polar surface area (TPSA) is 16.2 Å². The number of rotatable bonds is 6. The predicted octanol–water partition coefficient (Wildman–Crippen LogP) is 6.65. The average Bonchev–Trinajstić information content (AvgIpc) is 2.79. The minimum absolute atomic E-state index is 0.131. The highest BCUT2D eigenvalue weighted by atomic mass is 15.0. The number of fused-ring (bicyclic) bond motifs is 3. The molecular weight excluding hydrogens is 376 g/mol. The summed E-state index contributed by atoms with van der Waals surface area (Å²) in [5, 5.41) is 0. The van der Waals surface area contributed by atoms with Gasteiger partial charge in [0.15, 0.2) is 12.2 Å². The SMILES string of the molecule is C=CC1C(C(CC)/N=C/C(=C)c2c(C)cccc2C)c2ccccc2-c2cccc[n+]21. The van der Waals surface area contributed by atoms with E-state index in [0.717, 1.165) is 12.0 Å². The number of aliphatic imine (C=N–C) groups is 1. The van der Waals surface area contributed by atoms with Gasteiger partial charge in [0.1, 0.15) is 0 Å². The average molecular weight is 408 g/mol. The van der Waals surface area contributed by atoms with Crippen molar-refractivity contribution >= 4 is 11.8 Å². The molecule has 0 fully saturated rings. The second kappa shape index (κ2) is 8.85. The molecule has 1 aromatic heterocycles. The van der Waals surface area contributed by atoms with Crippen LogP contribution in [0, 0.1) is 13.8 Å². The lowest BCUT2D eigenvalue weighted by molar-refractivity contribution is -0.707. The number of hydrogen-bond acceptors (Lipinski definition) is 1. The van der Waals surface area contributed by atoms with Crippen molar-refractivity contribution in [2.45, 2.75) is 45.2 Å². The van der Waals surface area contributed by atoms with Gasteiger partial charge in [0.2, 0.25) is 5.69 Å². The van der Waals surface area contributed by atoms with E-state index in [1.54, 1.807) is 0 Å². The molecule has 31 heavy (non-hydrogen) atoms. The molecule has 0 amide bonds. The van der Waals surface area contributed by atoms with Gasteiger partial charge in [0.05, 0.1) is 12.0 Å². The Balaban J connectivity index is 1.75. The van der Waals surface area contributed by atoms with Gasteiger partial charge >= 0.3 is 0 Å². The first kappa shape index (κ1) is 21.0. The van der Waals surface area contributed by atoms with E-state index in [2.05, 4.69) is 111 Å². The van der Waals surface area contributed by atoms with Crippen LogP contribution in [0.2, 0.25) is 0 Å². The zero-order chi connectivity index (χ0) is 22.0. The highest BCUT2D eigenvalue weighted by Gasteiger charge is 2.41. The zero-order valence-electron chi connectivity index (χ0n) is 18.8. The molecule has 2 heterocycles. The summed E-state index contributed by atoms with van der Waals surface area (Å²) >= 11 is 0. The predicted molar refractivity (Wildman–Crippen MR) is 132 cm³/mol. The second-order valence-corrected chi connectivity index (χ2v) is 8.38. The maximum Gasteiger partial charge on any atom is 0.213 e. The first-order valence-corrected chi connectivity index (χ1v) is 11.1. The van der Waals surface area contributed by atoms with Crippen molar-refractivity contribution in [2.75, 3.05) is 0 Å². The summed E-state index contributed by atoms with van der Waals surface area (Å²) in [5.41, 5.74) is 8.51. The molecule has 0 saturated heterocycles. The van der Waals surface area contributed by atoms with E-state index in [-0.39, 0.29) is 18.0 Å². The van der Waals surface area contributed by atoms with Gasteiger partial charge in [-0.2, -0.15) is 4.57 Å². The Morgan fingerprint density at radius 1 is 1.03 bits per heavy atom. The molecule has 3 unspecified atom stereocenters. The fourth-order valence-corrected chi connectivity index (χ4v) is 5.04. The number of pyridine rings is 1. The van der Waals surface area contributed by atoms with Crippen LogP contribution in [-0.2, 0) is 0 Å². The van der Waals surface area contributed by atoms with Crippen LogP contribution in [0.15, 0.2) is 91.1 Å². The van der Waals surface area contributed by atoms with E-state index < -0.39 is 0 Å². The minimum atomic E-state index is 0.131. The van der Waals surface area contributed by atoms with Crippen molar-refractivity contribution in [3.63, 3.8) is 0 Å². The molecular formula is C29H31N2+. The fourth-order valence-electron chi connectivity index (χ4n) is 5.04. The van der Waals surface area contributed by atoms with Crippen molar-refractivity contribution in [1.82, 2.24) is 0 Å². The lowest BCUT2D eigenvalue weighted by Gasteiger charge is -2.32. The van der Waals surface area contributed by atoms with Crippen LogP contribution in [0.4, 0.5) is 0 Å². The Morgan fingerprint density at radius 3 is 2.45 bits per heavy atom. The van der Waals surface area contributed by atoms with Crippen LogP contribution in [0.1, 0.15) is 47.6 Å². The molecule has 3 atom stereocenters. The highest BCUT2D eigenvalue weighted by molar-refractivity contribution is 6.10. The first-order valence-electron chi connectivity index (χ1n) is 11.1. The number of nitrogens with zero attached hydrogens (tertiary/aromatic N) is 2. The number of aryl methyl sites for hydroxylation is 2. The number of aromatic nitrogens is 1. The second-order valence-electron chi connectivity index (χ2n) is 8.38. The van der Waals surface area contributed by atoms with Crippen LogP contribution in [0.5, 0.6) is 0 Å². The van der Waals surface area contributed by atoms with Gasteiger partial charge in [-0.3, -0.25) is 4.99 Å². The summed E-state index contributed by atoms with van der Waals surface area (Å²) in [6.07, 6.45) is 7.17. The summed E-state index contributed by atoms with van der Waals surface area (Å²) in [5.74, 6) is 0.223. The van der Waals surface area contributed by atoms with E-state index in [1.165, 1.54) is 33.5 Å². The Morgan fingerprint density at radius 2 is 1.74 bits per heavy atom. The molecule has 156 valence electrons. The third-order valence-electron chi connectivity index (χ3n) is 6.47. The summed E-state index contributed by atoms with van der Waals surface area (Å²) in [6, 6.07) is 21.8. The van der Waals surface area contributed by atoms with Gasteiger partial charge in [0.25, 0.3) is 0 Å². The minimum Gasteiger partial charge on any atom is -0.288 e. The van der Waals surface area contributed by atoms with Gasteiger partial charge in [-0.05, 0) is 66.3 Å². The molecule has 2 heteroatoms. The summed E-state index contributed by atoms with van der Waals surface area (Å²) in [4.78, 5) is 5.11. The molecule has 4 rings (SSSR count). The van der Waals surface area contributed by atoms with Gasteiger partial charge in [-0.1, -0.05) is 56.5 Å². The van der Waals surface area contributed by atoms with E-state index in [9.17, 15) is 0 Å². The molecule has 0 radical (unpaired) electrons. The molecule has 1 aliphatic rings. The van der Waals surface area contributed by atoms with Crippen molar-refractivity contribution in [2.24, 2.45) is 4.99 Å². The van der Waals surface area contributed by atoms with Gasteiger partial charge < -0.3 is 0 Å². The lowest BCUT2D eigenvalue weighted by atomic mass is 9.78. The Labute approximate surface area is 186 Å². The van der Waals surface area contributed by atoms with Crippen LogP contribution < -0.4 is 4.57 Å². The van der Waals surface area contributed by atoms with Crippen LogP contribution in [0.25, 0.3) is 16.8 Å². The molecule has 0 bridgehead atoms. The summed E-state index contributed by atoms with van der Waals surface area (Å²) in [7, 11) is 0. The maximum atomic E-state index is 5.11. The molecule has 0 aliphatic carbocycles. The van der Waals surface area contributed by atoms with E-state index in [1.807, 2.05) is 6.21 Å². The standard InChI is InChI=1S/C29H31N2/c1-6-25(30-19-22(5)28-20(3)13-12-14-21(28)4)29-24-16-9-8-15-23(24)27-17-10-11-18-31(27)26(29)7-2/h7-19,25-26,29H,2,5-6H2,1,3-4H3/q+1/b30-19+. The van der Waals surface area contributed by atoms with Crippen LogP contribution >= 0.6 is 0 Å². The number of hydrogen-bond donors (Lipinski definition) is 0. The third-order valence-corrected chi connectivity index (χ3v) is 6.47. The van der Waals surface area contributed by atoms with Gasteiger partial charge in [-0.15, -0.1) is 0 Å². The lowest BCUT2D eigenvalue weighted by Crippen LogP contribution is -2.48. The highest BCUT2D eigenvalue weighted by Crippen LogP contribution is 2.42. The first-order chi connectivity index (χ1) is 15.1.